The molecule has 4 aliphatic carbocycles. The molecule has 0 radical (unpaired) electrons. The molecule has 0 aliphatic heterocycles. The van der Waals surface area contributed by atoms with Crippen LogP contribution < -0.4 is 0 Å². The summed E-state index contributed by atoms with van der Waals surface area (Å²) in [4.78, 5) is 12.8. The van der Waals surface area contributed by atoms with Crippen molar-refractivity contribution in [1.29, 1.82) is 0 Å². The third-order valence-electron chi connectivity index (χ3n) is 13.6. The molecule has 0 amide bonds. The van der Waals surface area contributed by atoms with Gasteiger partial charge in [0, 0.05) is 21.1 Å². The maximum absolute atomic E-state index is 12.8. The molecule has 3 saturated carbocycles. The fraction of sp³-hybridized carbons (Fsp3) is 0.844. The van der Waals surface area contributed by atoms with Crippen molar-refractivity contribution in [3.8, 4) is 0 Å². The predicted molar refractivity (Wildman–Crippen MR) is 202 cm³/mol. The highest BCUT2D eigenvalue weighted by Gasteiger charge is 2.59. The summed E-state index contributed by atoms with van der Waals surface area (Å²) >= 11 is 0. The number of carbonyl (C=O) groups excluding carboxylic acids is 1. The number of esters is 1. The first-order valence-corrected chi connectivity index (χ1v) is 20.3. The Kier molecular flexibility index (Phi) is 12.5. The minimum absolute atomic E-state index is 0.00884. The van der Waals surface area contributed by atoms with Gasteiger partial charge in [0.15, 0.2) is 0 Å². The van der Waals surface area contributed by atoms with Gasteiger partial charge in [-0.25, -0.2) is 0 Å². The van der Waals surface area contributed by atoms with E-state index in [4.69, 9.17) is 13.0 Å². The van der Waals surface area contributed by atoms with Gasteiger partial charge in [0.05, 0.1) is 0 Å². The topological polar surface area (TPSA) is 26.3 Å². The van der Waals surface area contributed by atoms with Crippen LogP contribution in [-0.2, 0) is 9.53 Å². The summed E-state index contributed by atoms with van der Waals surface area (Å²) in [5.74, 6) is 1.94. The highest BCUT2D eigenvalue weighted by molar-refractivity contribution is 5.69. The van der Waals surface area contributed by atoms with Crippen molar-refractivity contribution in [2.75, 3.05) is 0 Å². The Morgan fingerprint density at radius 2 is 1.64 bits per heavy atom. The zero-order chi connectivity index (χ0) is 38.7. The molecule has 0 aromatic rings. The fourth-order valence-corrected chi connectivity index (χ4v) is 10.9. The molecule has 0 saturated heterocycles. The van der Waals surface area contributed by atoms with E-state index in [1.807, 2.05) is 0 Å². The van der Waals surface area contributed by atoms with Crippen LogP contribution in [0, 0.1) is 46.3 Å². The Labute approximate surface area is 300 Å². The van der Waals surface area contributed by atoms with Crippen LogP contribution in [0.15, 0.2) is 36.0 Å². The van der Waals surface area contributed by atoms with E-state index in [9.17, 15) is 4.79 Å². The molecule has 0 bridgehead atoms. The van der Waals surface area contributed by atoms with E-state index in [1.165, 1.54) is 70.6 Å². The Balaban J connectivity index is 1.16. The van der Waals surface area contributed by atoms with E-state index in [0.717, 1.165) is 57.8 Å². The highest BCUT2D eigenvalue weighted by Crippen LogP contribution is 2.67. The van der Waals surface area contributed by atoms with Crippen molar-refractivity contribution < 1.29 is 17.8 Å². The molecule has 0 aromatic heterocycles. The summed E-state index contributed by atoms with van der Waals surface area (Å²) < 4.78 is 52.8. The van der Waals surface area contributed by atoms with Gasteiger partial charge in [-0.3, -0.25) is 4.79 Å². The van der Waals surface area contributed by atoms with Crippen molar-refractivity contribution in [2.24, 2.45) is 46.3 Å². The van der Waals surface area contributed by atoms with Crippen molar-refractivity contribution in [1.82, 2.24) is 0 Å². The molecule has 2 heteroatoms. The lowest BCUT2D eigenvalue weighted by atomic mass is 9.47. The molecule has 0 unspecified atom stereocenters. The van der Waals surface area contributed by atoms with Crippen LogP contribution in [0.3, 0.4) is 0 Å². The summed E-state index contributed by atoms with van der Waals surface area (Å²) in [6.07, 6.45) is 36.3. The number of ether oxygens (including phenoxy) is 1. The van der Waals surface area contributed by atoms with Crippen LogP contribution in [0.2, 0.25) is 0 Å². The Bertz CT molecular complexity index is 1200. The monoisotopic (exact) mass is 655 g/mol. The predicted octanol–water partition coefficient (Wildman–Crippen LogP) is 13.8. The van der Waals surface area contributed by atoms with Crippen molar-refractivity contribution in [3.05, 3.63) is 36.0 Å². The summed E-state index contributed by atoms with van der Waals surface area (Å²) in [5.41, 5.74) is 2.05. The molecule has 0 spiro atoms. The zero-order valence-electron chi connectivity index (χ0n) is 37.0. The minimum atomic E-state index is -2.44. The first-order valence-electron chi connectivity index (χ1n) is 23.3. The van der Waals surface area contributed by atoms with Gasteiger partial charge in [-0.1, -0.05) is 129 Å². The van der Waals surface area contributed by atoms with E-state index >= 15 is 0 Å². The Morgan fingerprint density at radius 1 is 0.894 bits per heavy atom. The zero-order valence-corrected chi connectivity index (χ0v) is 31.0. The third kappa shape index (κ3) is 10.6. The second-order valence-corrected chi connectivity index (χ2v) is 16.8. The summed E-state index contributed by atoms with van der Waals surface area (Å²) in [7, 11) is 0. The van der Waals surface area contributed by atoms with Crippen molar-refractivity contribution >= 4 is 5.97 Å². The summed E-state index contributed by atoms with van der Waals surface area (Å²) in [6.45, 7) is 4.76. The molecule has 0 aromatic carbocycles. The van der Waals surface area contributed by atoms with Crippen LogP contribution in [0.5, 0.6) is 0 Å². The Morgan fingerprint density at radius 3 is 2.40 bits per heavy atom. The second-order valence-electron chi connectivity index (χ2n) is 16.8. The lowest BCUT2D eigenvalue weighted by Crippen LogP contribution is -2.51. The maximum Gasteiger partial charge on any atom is 0.306 e. The van der Waals surface area contributed by atoms with E-state index in [0.29, 0.717) is 47.8 Å². The van der Waals surface area contributed by atoms with Crippen molar-refractivity contribution in [2.45, 2.75) is 195 Å². The Hall–Kier alpha value is -1.31. The smallest absolute Gasteiger partial charge is 0.306 e. The van der Waals surface area contributed by atoms with Gasteiger partial charge in [-0.15, -0.1) is 0 Å². The highest BCUT2D eigenvalue weighted by atomic mass is 16.5. The van der Waals surface area contributed by atoms with Gasteiger partial charge in [-0.05, 0) is 130 Å². The lowest BCUT2D eigenvalue weighted by Gasteiger charge is -2.58. The molecule has 2 nitrogen and oxygen atoms in total. The SMILES string of the molecule is [2H]C([2H])([2H])C(CCC[C@@H](C)[C@H]1CC[C@H]2[C@@H]3CC=C4C[C@@H](OC(=O)CCCCCCC/C=C\C/C=C\CCCCC)CC[C@]4(C)[C@H]3CC[C@]12C)C([2H])([2H])[2H]. The van der Waals surface area contributed by atoms with E-state index < -0.39 is 19.6 Å². The molecule has 0 N–H and O–H groups in total. The first-order chi connectivity index (χ1) is 25.1. The van der Waals surface area contributed by atoms with Crippen LogP contribution in [0.1, 0.15) is 197 Å². The molecular weight excluding hydrogens is 572 g/mol. The van der Waals surface area contributed by atoms with Crippen LogP contribution >= 0.6 is 0 Å². The minimum Gasteiger partial charge on any atom is -0.462 e. The van der Waals surface area contributed by atoms with Crippen molar-refractivity contribution in [3.63, 3.8) is 0 Å². The maximum atomic E-state index is 12.8. The van der Waals surface area contributed by atoms with Gasteiger partial charge in [-0.2, -0.15) is 0 Å². The molecule has 4 rings (SSSR count). The fourth-order valence-electron chi connectivity index (χ4n) is 10.9. The average Bonchev–Trinajstić information content (AvgIpc) is 3.44. The molecule has 8 atom stereocenters. The van der Waals surface area contributed by atoms with E-state index in [2.05, 4.69) is 58.1 Å². The number of hydrogen-bond donors (Lipinski definition) is 0. The van der Waals surface area contributed by atoms with E-state index in [1.54, 1.807) is 5.57 Å². The standard InChI is InChI=1S/C45H76O2/c1-7-8-9-10-11-12-13-14-15-16-17-18-19-20-21-25-43(46)47-38-30-32-44(5)37(34-38)26-27-39-41-29-28-40(36(4)24-22-23-35(2)3)45(41,6)33-31-42(39)44/h11-12,14-15,26,35-36,38-42H,7-10,13,16-25,27-34H2,1-6H3/b12-11-,15-14-/t36-,38+,39+,40-,41+,42+,44+,45-/m1/s1/i2D3,3D3. The normalized spacial score (nSPS) is 35.2. The number of hydrogen-bond acceptors (Lipinski definition) is 2. The van der Waals surface area contributed by atoms with Gasteiger partial charge < -0.3 is 4.74 Å². The van der Waals surface area contributed by atoms with Gasteiger partial charge in [0.2, 0.25) is 0 Å². The molecule has 0 heterocycles. The number of fused-ring (bicyclic) bond motifs is 5. The van der Waals surface area contributed by atoms with Crippen LogP contribution in [0.25, 0.3) is 0 Å². The largest absolute Gasteiger partial charge is 0.462 e. The molecule has 47 heavy (non-hydrogen) atoms. The first kappa shape index (κ1) is 30.5. The van der Waals surface area contributed by atoms with Gasteiger partial charge in [0.25, 0.3) is 0 Å². The van der Waals surface area contributed by atoms with Crippen LogP contribution in [0.4, 0.5) is 0 Å². The number of carbonyl (C=O) groups is 1. The molecule has 268 valence electrons. The number of rotatable bonds is 20. The quantitative estimate of drug-likeness (QED) is 0.0742. The summed E-state index contributed by atoms with van der Waals surface area (Å²) in [6, 6.07) is 0. The average molecular weight is 655 g/mol. The van der Waals surface area contributed by atoms with Gasteiger partial charge >= 0.3 is 5.97 Å². The molecular formula is C45H76O2. The molecule has 3 fully saturated rings. The molecule has 4 aliphatic rings. The number of allylic oxidation sites excluding steroid dienone is 5. The summed E-state index contributed by atoms with van der Waals surface area (Å²) in [5, 5.41) is 0. The number of unbranched alkanes of at least 4 members (excludes halogenated alkanes) is 8. The second kappa shape index (κ2) is 19.2. The van der Waals surface area contributed by atoms with Gasteiger partial charge in [0.1, 0.15) is 6.10 Å². The van der Waals surface area contributed by atoms with Crippen LogP contribution in [-0.4, -0.2) is 12.1 Å². The third-order valence-corrected chi connectivity index (χ3v) is 13.6. The van der Waals surface area contributed by atoms with E-state index in [-0.39, 0.29) is 23.9 Å². The lowest BCUT2D eigenvalue weighted by molar-refractivity contribution is -0.151.